The second-order valence-corrected chi connectivity index (χ2v) is 8.82. The first-order valence-corrected chi connectivity index (χ1v) is 11.3. The lowest BCUT2D eigenvalue weighted by atomic mass is 10.0. The van der Waals surface area contributed by atoms with Gasteiger partial charge in [0, 0.05) is 23.5 Å². The van der Waals surface area contributed by atoms with Gasteiger partial charge >= 0.3 is 6.03 Å². The molecule has 2 rings (SSSR count). The van der Waals surface area contributed by atoms with Crippen molar-refractivity contribution in [2.45, 2.75) is 71.3 Å². The molecule has 160 valence electrons. The number of amides is 3. The molecule has 8 heteroatoms. The lowest BCUT2D eigenvalue weighted by Crippen LogP contribution is -2.44. The first-order valence-electron chi connectivity index (χ1n) is 10.2. The second-order valence-electron chi connectivity index (χ2n) is 8.03. The van der Waals surface area contributed by atoms with Gasteiger partial charge in [0.1, 0.15) is 5.54 Å². The largest absolute Gasteiger partial charge is 0.332 e. The predicted molar refractivity (Wildman–Crippen MR) is 118 cm³/mol. The van der Waals surface area contributed by atoms with Crippen LogP contribution in [0.3, 0.4) is 0 Å². The smallest absolute Gasteiger partial charge is 0.310 e. The van der Waals surface area contributed by atoms with Crippen molar-refractivity contribution >= 4 is 39.2 Å². The molecule has 0 radical (unpaired) electrons. The molecule has 0 atom stereocenters. The Hall–Kier alpha value is -1.96. The number of nitrogens with zero attached hydrogens (tertiary/aromatic N) is 3. The number of nitro groups is 1. The fraction of sp³-hybridized carbons (Fsp3) is 0.619. The van der Waals surface area contributed by atoms with E-state index in [9.17, 15) is 19.7 Å². The van der Waals surface area contributed by atoms with Gasteiger partial charge in [0.2, 0.25) is 0 Å². The molecule has 3 amide bonds. The number of carbonyl (C=O) groups excluding carboxylic acids is 2. The Morgan fingerprint density at radius 2 is 1.62 bits per heavy atom. The van der Waals surface area contributed by atoms with Gasteiger partial charge in [-0.3, -0.25) is 14.9 Å². The zero-order valence-electron chi connectivity index (χ0n) is 17.4. The fourth-order valence-electron chi connectivity index (χ4n) is 3.67. The number of rotatable bonds is 11. The van der Waals surface area contributed by atoms with Crippen molar-refractivity contribution in [2.24, 2.45) is 0 Å². The summed E-state index contributed by atoms with van der Waals surface area (Å²) in [6.45, 7) is 5.65. The number of hydrogen-bond acceptors (Lipinski definition) is 4. The number of halogens is 1. The van der Waals surface area contributed by atoms with E-state index in [2.05, 4.69) is 15.9 Å². The van der Waals surface area contributed by atoms with Crippen molar-refractivity contribution in [1.29, 1.82) is 0 Å². The topological polar surface area (TPSA) is 83.8 Å². The van der Waals surface area contributed by atoms with Crippen LogP contribution in [0.1, 0.15) is 64.4 Å². The van der Waals surface area contributed by atoms with Gasteiger partial charge in [0.15, 0.2) is 0 Å². The average Bonchev–Trinajstić information content (AvgIpc) is 2.82. The number of anilines is 1. The normalized spacial score (nSPS) is 16.0. The molecule has 1 saturated heterocycles. The molecular weight excluding hydrogens is 438 g/mol. The quantitative estimate of drug-likeness (QED) is 0.140. The van der Waals surface area contributed by atoms with Crippen LogP contribution >= 0.6 is 15.9 Å². The maximum Gasteiger partial charge on any atom is 0.332 e. The maximum absolute atomic E-state index is 13.0. The number of hydrogen-bond donors (Lipinski definition) is 0. The van der Waals surface area contributed by atoms with Gasteiger partial charge in [0.25, 0.3) is 11.6 Å². The van der Waals surface area contributed by atoms with Gasteiger partial charge in [-0.25, -0.2) is 9.69 Å². The number of nitro benzene ring substituents is 1. The summed E-state index contributed by atoms with van der Waals surface area (Å²) in [5.41, 5.74) is -0.155. The van der Waals surface area contributed by atoms with Gasteiger partial charge < -0.3 is 4.90 Å². The molecule has 0 aliphatic carbocycles. The Balaban J connectivity index is 2.00. The Morgan fingerprint density at radius 1 is 1.03 bits per heavy atom. The van der Waals surface area contributed by atoms with Crippen LogP contribution in [0.4, 0.5) is 16.2 Å². The average molecular weight is 468 g/mol. The van der Waals surface area contributed by atoms with Crippen LogP contribution in [0.15, 0.2) is 18.2 Å². The standard InChI is InChI=1S/C21H30BrN3O4/c1-16-15-17(11-12-18(16)25(28)29)24-19(26)21(2,3)23(20(24)27)14-10-8-6-4-5-7-9-13-22/h11-12,15H,4-10,13-14H2,1-3H3. The third kappa shape index (κ3) is 5.35. The highest BCUT2D eigenvalue weighted by atomic mass is 79.9. The molecule has 0 N–H and O–H groups in total. The van der Waals surface area contributed by atoms with E-state index in [0.717, 1.165) is 29.5 Å². The molecule has 0 saturated carbocycles. The molecule has 0 spiro atoms. The zero-order valence-corrected chi connectivity index (χ0v) is 19.0. The molecule has 1 fully saturated rings. The van der Waals surface area contributed by atoms with Crippen molar-refractivity contribution in [3.05, 3.63) is 33.9 Å². The van der Waals surface area contributed by atoms with E-state index in [-0.39, 0.29) is 17.6 Å². The number of carbonyl (C=O) groups is 2. The number of alkyl halides is 1. The van der Waals surface area contributed by atoms with Crippen molar-refractivity contribution in [1.82, 2.24) is 4.90 Å². The van der Waals surface area contributed by atoms with Gasteiger partial charge in [-0.1, -0.05) is 48.0 Å². The number of benzene rings is 1. The van der Waals surface area contributed by atoms with E-state index in [1.165, 1.54) is 43.9 Å². The summed E-state index contributed by atoms with van der Waals surface area (Å²) in [5.74, 6) is -0.300. The summed E-state index contributed by atoms with van der Waals surface area (Å²) in [5, 5.41) is 12.1. The van der Waals surface area contributed by atoms with Crippen molar-refractivity contribution in [3.8, 4) is 0 Å². The van der Waals surface area contributed by atoms with E-state index in [1.54, 1.807) is 25.7 Å². The molecule has 0 aromatic heterocycles. The van der Waals surface area contributed by atoms with Crippen LogP contribution in [0.2, 0.25) is 0 Å². The number of aryl methyl sites for hydroxylation is 1. The van der Waals surface area contributed by atoms with Crippen LogP contribution < -0.4 is 4.90 Å². The predicted octanol–water partition coefficient (Wildman–Crippen LogP) is 5.58. The van der Waals surface area contributed by atoms with Crippen LogP contribution in [0, 0.1) is 17.0 Å². The zero-order chi connectivity index (χ0) is 21.6. The molecule has 1 aromatic carbocycles. The molecule has 7 nitrogen and oxygen atoms in total. The Morgan fingerprint density at radius 3 is 2.17 bits per heavy atom. The summed E-state index contributed by atoms with van der Waals surface area (Å²) in [6, 6.07) is 3.98. The van der Waals surface area contributed by atoms with Crippen molar-refractivity contribution in [2.75, 3.05) is 16.8 Å². The lowest BCUT2D eigenvalue weighted by molar-refractivity contribution is -0.385. The minimum absolute atomic E-state index is 0.0277. The number of unbranched alkanes of at least 4 members (excludes halogenated alkanes) is 6. The molecule has 1 aliphatic rings. The van der Waals surface area contributed by atoms with E-state index >= 15 is 0 Å². The monoisotopic (exact) mass is 467 g/mol. The van der Waals surface area contributed by atoms with Crippen molar-refractivity contribution < 1.29 is 14.5 Å². The minimum atomic E-state index is -0.928. The van der Waals surface area contributed by atoms with E-state index in [0.29, 0.717) is 17.8 Å². The van der Waals surface area contributed by atoms with Gasteiger partial charge in [0.05, 0.1) is 10.6 Å². The van der Waals surface area contributed by atoms with E-state index in [1.807, 2.05) is 0 Å². The van der Waals surface area contributed by atoms with Crippen molar-refractivity contribution in [3.63, 3.8) is 0 Å². The molecule has 1 heterocycles. The summed E-state index contributed by atoms with van der Waals surface area (Å²) in [7, 11) is 0. The molecule has 1 aliphatic heterocycles. The second kappa shape index (κ2) is 10.2. The van der Waals surface area contributed by atoms with Crippen LogP contribution in [0.25, 0.3) is 0 Å². The summed E-state index contributed by atoms with van der Waals surface area (Å²) in [4.78, 5) is 39.3. The van der Waals surface area contributed by atoms with Gasteiger partial charge in [-0.05, 0) is 45.7 Å². The number of urea groups is 1. The van der Waals surface area contributed by atoms with E-state index < -0.39 is 10.5 Å². The molecule has 0 bridgehead atoms. The highest BCUT2D eigenvalue weighted by Crippen LogP contribution is 2.34. The highest BCUT2D eigenvalue weighted by Gasteiger charge is 2.51. The molecule has 0 unspecified atom stereocenters. The Bertz CT molecular complexity index is 766. The van der Waals surface area contributed by atoms with Crippen LogP contribution in [0.5, 0.6) is 0 Å². The van der Waals surface area contributed by atoms with Crippen LogP contribution in [-0.4, -0.2) is 39.2 Å². The maximum atomic E-state index is 13.0. The summed E-state index contributed by atoms with van der Waals surface area (Å²) in [6.07, 6.45) is 7.87. The van der Waals surface area contributed by atoms with Gasteiger partial charge in [-0.2, -0.15) is 0 Å². The third-order valence-electron chi connectivity index (χ3n) is 5.47. The Labute approximate surface area is 180 Å². The number of imide groups is 1. The molecular formula is C21H30BrN3O4. The fourth-order valence-corrected chi connectivity index (χ4v) is 4.07. The Kier molecular flexibility index (Phi) is 8.19. The highest BCUT2D eigenvalue weighted by molar-refractivity contribution is 9.09. The first-order chi connectivity index (χ1) is 13.7. The SMILES string of the molecule is Cc1cc(N2C(=O)N(CCCCCCCCCBr)C(C)(C)C2=O)ccc1[N+](=O)[O-]. The first kappa shape index (κ1) is 23.3. The minimum Gasteiger partial charge on any atom is -0.310 e. The summed E-state index contributed by atoms with van der Waals surface area (Å²) < 4.78 is 0. The molecule has 1 aromatic rings. The van der Waals surface area contributed by atoms with E-state index in [4.69, 9.17) is 0 Å². The summed E-state index contributed by atoms with van der Waals surface area (Å²) >= 11 is 3.44. The van der Waals surface area contributed by atoms with Crippen LogP contribution in [-0.2, 0) is 4.79 Å². The third-order valence-corrected chi connectivity index (χ3v) is 6.03. The molecule has 29 heavy (non-hydrogen) atoms. The van der Waals surface area contributed by atoms with Gasteiger partial charge in [-0.15, -0.1) is 0 Å². The lowest BCUT2D eigenvalue weighted by Gasteiger charge is -2.27.